The second-order valence-electron chi connectivity index (χ2n) is 5.50. The number of rotatable bonds is 3. The Kier molecular flexibility index (Phi) is 3.63. The lowest BCUT2D eigenvalue weighted by Crippen LogP contribution is -2.12. The highest BCUT2D eigenvalue weighted by molar-refractivity contribution is 5.68. The van der Waals surface area contributed by atoms with Crippen molar-refractivity contribution >= 4 is 5.69 Å². The Morgan fingerprint density at radius 3 is 2.70 bits per heavy atom. The second kappa shape index (κ2) is 5.57. The molecule has 106 valence electrons. The van der Waals surface area contributed by atoms with Crippen molar-refractivity contribution in [2.45, 2.75) is 38.1 Å². The molecule has 20 heavy (non-hydrogen) atoms. The van der Waals surface area contributed by atoms with E-state index in [2.05, 4.69) is 16.0 Å². The van der Waals surface area contributed by atoms with Crippen molar-refractivity contribution in [2.75, 3.05) is 12.8 Å². The van der Waals surface area contributed by atoms with E-state index in [0.717, 1.165) is 16.9 Å². The summed E-state index contributed by atoms with van der Waals surface area (Å²) < 4.78 is 7.39. The van der Waals surface area contributed by atoms with Gasteiger partial charge in [0.1, 0.15) is 5.75 Å². The van der Waals surface area contributed by atoms with Crippen molar-refractivity contribution in [3.05, 3.63) is 30.6 Å². The van der Waals surface area contributed by atoms with Crippen LogP contribution >= 0.6 is 0 Å². The fourth-order valence-electron chi connectivity index (χ4n) is 2.94. The summed E-state index contributed by atoms with van der Waals surface area (Å²) in [6.45, 7) is 0. The van der Waals surface area contributed by atoms with E-state index in [0.29, 0.717) is 11.7 Å². The molecule has 0 radical (unpaired) electrons. The van der Waals surface area contributed by atoms with Crippen molar-refractivity contribution in [3.8, 4) is 16.9 Å². The minimum Gasteiger partial charge on any atom is -0.497 e. The van der Waals surface area contributed by atoms with Crippen LogP contribution in [-0.2, 0) is 0 Å². The van der Waals surface area contributed by atoms with E-state index in [1.807, 2.05) is 24.4 Å². The highest BCUT2D eigenvalue weighted by Crippen LogP contribution is 2.31. The van der Waals surface area contributed by atoms with E-state index in [1.165, 1.54) is 32.1 Å². The van der Waals surface area contributed by atoms with Crippen LogP contribution in [0, 0.1) is 0 Å². The number of nitrogen functional groups attached to an aromatic ring is 1. The summed E-state index contributed by atoms with van der Waals surface area (Å²) >= 11 is 0. The van der Waals surface area contributed by atoms with Gasteiger partial charge in [-0.3, -0.25) is 4.68 Å². The molecular weight excluding hydrogens is 250 g/mol. The van der Waals surface area contributed by atoms with Crippen LogP contribution in [0.1, 0.15) is 38.1 Å². The molecule has 1 fully saturated rings. The first-order valence-electron chi connectivity index (χ1n) is 7.25. The summed E-state index contributed by atoms with van der Waals surface area (Å²) in [5, 5.41) is 4.54. The summed E-state index contributed by atoms with van der Waals surface area (Å²) in [5.74, 6) is 0.783. The minimum absolute atomic E-state index is 0.556. The molecule has 1 aromatic heterocycles. The maximum atomic E-state index is 5.91. The van der Waals surface area contributed by atoms with Crippen LogP contribution in [-0.4, -0.2) is 16.9 Å². The fourth-order valence-corrected chi connectivity index (χ4v) is 2.94. The molecular formula is C16H21N3O. The summed E-state index contributed by atoms with van der Waals surface area (Å²) in [7, 11) is 1.66. The number of aromatic nitrogens is 2. The minimum atomic E-state index is 0.556. The summed E-state index contributed by atoms with van der Waals surface area (Å²) in [4.78, 5) is 0. The molecule has 1 aliphatic rings. The third kappa shape index (κ3) is 2.64. The number of ether oxygens (including phenoxy) is 1. The molecule has 0 saturated heterocycles. The summed E-state index contributed by atoms with van der Waals surface area (Å²) in [5.41, 5.74) is 8.78. The van der Waals surface area contributed by atoms with Gasteiger partial charge in [-0.15, -0.1) is 0 Å². The van der Waals surface area contributed by atoms with Gasteiger partial charge in [0.15, 0.2) is 0 Å². The zero-order valence-corrected chi connectivity index (χ0v) is 11.9. The number of hydrogen-bond donors (Lipinski definition) is 1. The predicted octanol–water partition coefficient (Wildman–Crippen LogP) is 3.65. The van der Waals surface area contributed by atoms with E-state index in [1.54, 1.807) is 7.11 Å². The van der Waals surface area contributed by atoms with Crippen molar-refractivity contribution in [3.63, 3.8) is 0 Å². The molecule has 4 heteroatoms. The number of methoxy groups -OCH3 is 1. The monoisotopic (exact) mass is 271 g/mol. The van der Waals surface area contributed by atoms with Crippen molar-refractivity contribution < 1.29 is 4.74 Å². The zero-order valence-electron chi connectivity index (χ0n) is 11.9. The molecule has 0 unspecified atom stereocenters. The SMILES string of the molecule is COc1cc(N)cc(-c2cnn(C3CCCCC3)c2)c1. The number of benzene rings is 1. The van der Waals surface area contributed by atoms with Gasteiger partial charge < -0.3 is 10.5 Å². The lowest BCUT2D eigenvalue weighted by atomic mass is 9.96. The maximum Gasteiger partial charge on any atom is 0.121 e. The average Bonchev–Trinajstić information content (AvgIpc) is 2.97. The second-order valence-corrected chi connectivity index (χ2v) is 5.50. The molecule has 2 N–H and O–H groups in total. The molecule has 2 aromatic rings. The van der Waals surface area contributed by atoms with Gasteiger partial charge >= 0.3 is 0 Å². The van der Waals surface area contributed by atoms with E-state index in [9.17, 15) is 0 Å². The van der Waals surface area contributed by atoms with E-state index >= 15 is 0 Å². The van der Waals surface area contributed by atoms with E-state index < -0.39 is 0 Å². The Morgan fingerprint density at radius 1 is 1.15 bits per heavy atom. The van der Waals surface area contributed by atoms with Gasteiger partial charge in [0.25, 0.3) is 0 Å². The number of hydrogen-bond acceptors (Lipinski definition) is 3. The highest BCUT2D eigenvalue weighted by atomic mass is 16.5. The van der Waals surface area contributed by atoms with Crippen LogP contribution in [0.5, 0.6) is 5.75 Å². The Bertz CT molecular complexity index is 585. The maximum absolute atomic E-state index is 5.91. The van der Waals surface area contributed by atoms with Gasteiger partial charge in [0.2, 0.25) is 0 Å². The van der Waals surface area contributed by atoms with Crippen LogP contribution in [0.2, 0.25) is 0 Å². The molecule has 1 aliphatic carbocycles. The van der Waals surface area contributed by atoms with E-state index in [-0.39, 0.29) is 0 Å². The Labute approximate surface area is 119 Å². The van der Waals surface area contributed by atoms with Crippen LogP contribution in [0.4, 0.5) is 5.69 Å². The first kappa shape index (κ1) is 13.0. The topological polar surface area (TPSA) is 53.1 Å². The first-order valence-corrected chi connectivity index (χ1v) is 7.25. The number of anilines is 1. The molecule has 0 atom stereocenters. The molecule has 0 amide bonds. The van der Waals surface area contributed by atoms with Crippen molar-refractivity contribution in [2.24, 2.45) is 0 Å². The van der Waals surface area contributed by atoms with Crippen LogP contribution in [0.3, 0.4) is 0 Å². The lowest BCUT2D eigenvalue weighted by Gasteiger charge is -2.21. The number of nitrogens with two attached hydrogens (primary N) is 1. The van der Waals surface area contributed by atoms with Gasteiger partial charge in [-0.25, -0.2) is 0 Å². The normalized spacial score (nSPS) is 16.2. The quantitative estimate of drug-likeness (QED) is 0.867. The predicted molar refractivity (Wildman–Crippen MR) is 80.7 cm³/mol. The van der Waals surface area contributed by atoms with Crippen LogP contribution in [0.25, 0.3) is 11.1 Å². The summed E-state index contributed by atoms with van der Waals surface area (Å²) in [6.07, 6.45) is 10.5. The van der Waals surface area contributed by atoms with Gasteiger partial charge in [-0.1, -0.05) is 19.3 Å². The summed E-state index contributed by atoms with van der Waals surface area (Å²) in [6, 6.07) is 6.35. The van der Waals surface area contributed by atoms with Gasteiger partial charge in [0, 0.05) is 23.5 Å². The Morgan fingerprint density at radius 2 is 1.95 bits per heavy atom. The molecule has 4 nitrogen and oxygen atoms in total. The molecule has 0 bridgehead atoms. The molecule has 0 spiro atoms. The van der Waals surface area contributed by atoms with Crippen LogP contribution in [0.15, 0.2) is 30.6 Å². The zero-order chi connectivity index (χ0) is 13.9. The van der Waals surface area contributed by atoms with Gasteiger partial charge in [0.05, 0.1) is 19.3 Å². The molecule has 1 aromatic carbocycles. The van der Waals surface area contributed by atoms with E-state index in [4.69, 9.17) is 10.5 Å². The third-order valence-corrected chi connectivity index (χ3v) is 4.05. The van der Waals surface area contributed by atoms with Crippen molar-refractivity contribution in [1.29, 1.82) is 0 Å². The highest BCUT2D eigenvalue weighted by Gasteiger charge is 2.16. The Balaban J connectivity index is 1.87. The number of nitrogens with zero attached hydrogens (tertiary/aromatic N) is 2. The third-order valence-electron chi connectivity index (χ3n) is 4.05. The largest absolute Gasteiger partial charge is 0.497 e. The van der Waals surface area contributed by atoms with Gasteiger partial charge in [-0.2, -0.15) is 5.10 Å². The molecule has 3 rings (SSSR count). The smallest absolute Gasteiger partial charge is 0.121 e. The van der Waals surface area contributed by atoms with Gasteiger partial charge in [-0.05, 0) is 30.5 Å². The van der Waals surface area contributed by atoms with Crippen molar-refractivity contribution in [1.82, 2.24) is 9.78 Å². The lowest BCUT2D eigenvalue weighted by molar-refractivity contribution is 0.329. The fraction of sp³-hybridized carbons (Fsp3) is 0.438. The molecule has 0 aliphatic heterocycles. The standard InChI is InChI=1S/C16H21N3O/c1-20-16-8-12(7-14(17)9-16)13-10-18-19(11-13)15-5-3-2-4-6-15/h7-11,15H,2-6,17H2,1H3. The molecule has 1 saturated carbocycles. The first-order chi connectivity index (χ1) is 9.76. The Hall–Kier alpha value is -1.97. The molecule has 1 heterocycles. The van der Waals surface area contributed by atoms with Crippen LogP contribution < -0.4 is 10.5 Å². The average molecular weight is 271 g/mol.